The zero-order valence-electron chi connectivity index (χ0n) is 9.96. The maximum Gasteiger partial charge on any atom is 0.0480 e. The van der Waals surface area contributed by atoms with E-state index in [0.717, 1.165) is 0 Å². The molecule has 0 saturated heterocycles. The summed E-state index contributed by atoms with van der Waals surface area (Å²) in [6.07, 6.45) is 4.50. The highest BCUT2D eigenvalue weighted by molar-refractivity contribution is 6.76. The Bertz CT molecular complexity index is 337. The van der Waals surface area contributed by atoms with Crippen LogP contribution in [0.2, 0.25) is 25.7 Å². The molecule has 0 atom stereocenters. The molecule has 0 unspecified atom stereocenters. The summed E-state index contributed by atoms with van der Waals surface area (Å²) < 4.78 is 0. The van der Waals surface area contributed by atoms with E-state index in [1.807, 2.05) is 6.07 Å². The Morgan fingerprint density at radius 1 is 1.20 bits per heavy atom. The molecule has 0 saturated carbocycles. The van der Waals surface area contributed by atoms with E-state index in [-0.39, 0.29) is 0 Å². The average molecular weight is 219 g/mol. The molecule has 0 aliphatic carbocycles. The molecule has 0 radical (unpaired) electrons. The highest BCUT2D eigenvalue weighted by Gasteiger charge is 2.09. The normalized spacial score (nSPS) is 12.3. The van der Waals surface area contributed by atoms with Gasteiger partial charge in [-0.25, -0.2) is 0 Å². The molecule has 0 amide bonds. The Kier molecular flexibility index (Phi) is 4.30. The van der Waals surface area contributed by atoms with Gasteiger partial charge in [0.25, 0.3) is 0 Å². The fraction of sp³-hybridized carbons (Fsp3) is 0.385. The minimum atomic E-state index is -0.957. The second-order valence-corrected chi connectivity index (χ2v) is 10.6. The average Bonchev–Trinajstić information content (AvgIpc) is 2.16. The molecule has 0 fully saturated rings. The Balaban J connectivity index is 2.72. The van der Waals surface area contributed by atoms with Crippen LogP contribution in [0.3, 0.4) is 0 Å². The van der Waals surface area contributed by atoms with Gasteiger partial charge in [-0.2, -0.15) is 0 Å². The lowest BCUT2D eigenvalue weighted by Gasteiger charge is -2.11. The summed E-state index contributed by atoms with van der Waals surface area (Å²) in [5.41, 5.74) is 8.17. The third-order valence-corrected chi connectivity index (χ3v) is 3.76. The first-order valence-corrected chi connectivity index (χ1v) is 9.18. The van der Waals surface area contributed by atoms with Crippen molar-refractivity contribution in [2.24, 2.45) is 5.73 Å². The molecule has 2 N–H and O–H groups in total. The van der Waals surface area contributed by atoms with Gasteiger partial charge in [-0.1, -0.05) is 56.1 Å². The minimum absolute atomic E-state index is 0.619. The van der Waals surface area contributed by atoms with Crippen LogP contribution in [-0.2, 0) is 6.54 Å². The van der Waals surface area contributed by atoms with Gasteiger partial charge >= 0.3 is 0 Å². The molecule has 1 rings (SSSR count). The number of nitrogens with two attached hydrogens (primary N) is 1. The van der Waals surface area contributed by atoms with Gasteiger partial charge in [0, 0.05) is 14.6 Å². The van der Waals surface area contributed by atoms with Crippen LogP contribution in [0.25, 0.3) is 6.08 Å². The van der Waals surface area contributed by atoms with Crippen molar-refractivity contribution in [2.75, 3.05) is 0 Å². The van der Waals surface area contributed by atoms with Crippen molar-refractivity contribution in [3.63, 3.8) is 0 Å². The summed E-state index contributed by atoms with van der Waals surface area (Å²) in [4.78, 5) is 0. The van der Waals surface area contributed by atoms with Gasteiger partial charge in [-0.3, -0.25) is 0 Å². The van der Waals surface area contributed by atoms with Crippen molar-refractivity contribution in [1.82, 2.24) is 0 Å². The molecule has 2 heteroatoms. The number of allylic oxidation sites excluding steroid dienone is 1. The quantitative estimate of drug-likeness (QED) is 0.771. The first-order chi connectivity index (χ1) is 7.03. The molecular weight excluding hydrogens is 198 g/mol. The van der Waals surface area contributed by atoms with Crippen LogP contribution in [0.15, 0.2) is 30.3 Å². The highest BCUT2D eigenvalue weighted by atomic mass is 28.3. The lowest BCUT2D eigenvalue weighted by Crippen LogP contribution is -2.17. The van der Waals surface area contributed by atoms with Crippen molar-refractivity contribution in [3.8, 4) is 0 Å². The maximum atomic E-state index is 5.68. The fourth-order valence-electron chi connectivity index (χ4n) is 1.42. The van der Waals surface area contributed by atoms with Gasteiger partial charge < -0.3 is 5.73 Å². The van der Waals surface area contributed by atoms with Gasteiger partial charge in [0.2, 0.25) is 0 Å². The topological polar surface area (TPSA) is 26.0 Å². The van der Waals surface area contributed by atoms with E-state index in [2.05, 4.69) is 50.0 Å². The van der Waals surface area contributed by atoms with Gasteiger partial charge in [-0.15, -0.1) is 0 Å². The van der Waals surface area contributed by atoms with Crippen LogP contribution < -0.4 is 5.73 Å². The van der Waals surface area contributed by atoms with Crippen molar-refractivity contribution in [2.45, 2.75) is 32.2 Å². The second kappa shape index (κ2) is 5.28. The second-order valence-electron chi connectivity index (χ2n) is 5.07. The summed E-state index contributed by atoms with van der Waals surface area (Å²) in [7, 11) is -0.957. The van der Waals surface area contributed by atoms with E-state index in [0.29, 0.717) is 6.54 Å². The van der Waals surface area contributed by atoms with E-state index in [9.17, 15) is 0 Å². The largest absolute Gasteiger partial charge is 0.326 e. The number of rotatable bonds is 4. The molecule has 1 nitrogen and oxygen atoms in total. The molecule has 0 aliphatic heterocycles. The van der Waals surface area contributed by atoms with Crippen LogP contribution in [0, 0.1) is 0 Å². The standard InChI is InChI=1S/C13H21NSi/c1-15(2,3)10-6-9-12-7-4-5-8-13(12)11-14/h4-9H,10-11,14H2,1-3H3/b9-6+. The van der Waals surface area contributed by atoms with Gasteiger partial charge in [-0.05, 0) is 17.2 Å². The first-order valence-electron chi connectivity index (χ1n) is 5.47. The zero-order valence-corrected chi connectivity index (χ0v) is 11.0. The van der Waals surface area contributed by atoms with Crippen molar-refractivity contribution in [1.29, 1.82) is 0 Å². The zero-order chi connectivity index (χ0) is 11.3. The van der Waals surface area contributed by atoms with Gasteiger partial charge in [0.15, 0.2) is 0 Å². The van der Waals surface area contributed by atoms with E-state index in [1.54, 1.807) is 0 Å². The molecule has 0 bridgehead atoms. The van der Waals surface area contributed by atoms with E-state index < -0.39 is 8.07 Å². The summed E-state index contributed by atoms with van der Waals surface area (Å²) in [5.74, 6) is 0. The lowest BCUT2D eigenvalue weighted by molar-refractivity contribution is 1.07. The van der Waals surface area contributed by atoms with Crippen molar-refractivity contribution < 1.29 is 0 Å². The van der Waals surface area contributed by atoms with Crippen LogP contribution in [0.5, 0.6) is 0 Å². The van der Waals surface area contributed by atoms with E-state index >= 15 is 0 Å². The van der Waals surface area contributed by atoms with E-state index in [4.69, 9.17) is 5.73 Å². The molecule has 1 aromatic carbocycles. The first kappa shape index (κ1) is 12.2. The summed E-state index contributed by atoms with van der Waals surface area (Å²) in [5, 5.41) is 0. The molecular formula is C13H21NSi. The lowest BCUT2D eigenvalue weighted by atomic mass is 10.1. The predicted octanol–water partition coefficient (Wildman–Crippen LogP) is 3.50. The Labute approximate surface area is 94.0 Å². The SMILES string of the molecule is C[Si](C)(C)C/C=C/c1ccccc1CN. The molecule has 0 aliphatic rings. The fourth-order valence-corrected chi connectivity index (χ4v) is 2.25. The third kappa shape index (κ3) is 4.45. The molecule has 0 heterocycles. The van der Waals surface area contributed by atoms with Gasteiger partial charge in [0.1, 0.15) is 0 Å². The predicted molar refractivity (Wildman–Crippen MR) is 71.5 cm³/mol. The van der Waals surface area contributed by atoms with Crippen LogP contribution in [0.4, 0.5) is 0 Å². The number of benzene rings is 1. The summed E-state index contributed by atoms with van der Waals surface area (Å²) >= 11 is 0. The minimum Gasteiger partial charge on any atom is -0.326 e. The van der Waals surface area contributed by atoms with Crippen LogP contribution >= 0.6 is 0 Å². The number of hydrogen-bond acceptors (Lipinski definition) is 1. The molecule has 1 aromatic rings. The summed E-state index contributed by atoms with van der Waals surface area (Å²) in [6.45, 7) is 7.76. The smallest absolute Gasteiger partial charge is 0.0480 e. The van der Waals surface area contributed by atoms with Crippen molar-refractivity contribution in [3.05, 3.63) is 41.5 Å². The van der Waals surface area contributed by atoms with Gasteiger partial charge in [0.05, 0.1) is 0 Å². The summed E-state index contributed by atoms with van der Waals surface area (Å²) in [6, 6.07) is 9.55. The molecule has 0 spiro atoms. The third-order valence-electron chi connectivity index (χ3n) is 2.30. The Morgan fingerprint density at radius 3 is 2.47 bits per heavy atom. The van der Waals surface area contributed by atoms with E-state index in [1.165, 1.54) is 17.2 Å². The maximum absolute atomic E-state index is 5.68. The molecule has 15 heavy (non-hydrogen) atoms. The van der Waals surface area contributed by atoms with Crippen LogP contribution in [0.1, 0.15) is 11.1 Å². The van der Waals surface area contributed by atoms with Crippen molar-refractivity contribution >= 4 is 14.1 Å². The molecule has 82 valence electrons. The van der Waals surface area contributed by atoms with Crippen LogP contribution in [-0.4, -0.2) is 8.07 Å². The Hall–Kier alpha value is -0.863. The number of hydrogen-bond donors (Lipinski definition) is 1. The molecule has 0 aromatic heterocycles. The Morgan fingerprint density at radius 2 is 1.87 bits per heavy atom. The highest BCUT2D eigenvalue weighted by Crippen LogP contribution is 2.13. The monoisotopic (exact) mass is 219 g/mol.